The van der Waals surface area contributed by atoms with Gasteiger partial charge in [-0.3, -0.25) is 15.6 Å². The summed E-state index contributed by atoms with van der Waals surface area (Å²) in [6.07, 6.45) is 0.737. The standard InChI is InChI=1S/C11H24N2O3/c1-9(14)8-13-12-7-5-6-10(15)16-11(2,3)4/h9,12-14H,5-8H2,1-4H3/t9-/m1/s1. The summed E-state index contributed by atoms with van der Waals surface area (Å²) in [6, 6.07) is 0. The average Bonchev–Trinajstić information content (AvgIpc) is 2.07. The van der Waals surface area contributed by atoms with Gasteiger partial charge < -0.3 is 9.84 Å². The third kappa shape index (κ3) is 11.4. The van der Waals surface area contributed by atoms with Crippen molar-refractivity contribution in [3.63, 3.8) is 0 Å². The molecule has 0 aliphatic heterocycles. The molecule has 0 unspecified atom stereocenters. The van der Waals surface area contributed by atoms with Crippen molar-refractivity contribution in [2.24, 2.45) is 0 Å². The average molecular weight is 232 g/mol. The monoisotopic (exact) mass is 232 g/mol. The van der Waals surface area contributed by atoms with E-state index >= 15 is 0 Å². The Hall–Kier alpha value is -0.650. The summed E-state index contributed by atoms with van der Waals surface area (Å²) in [7, 11) is 0. The van der Waals surface area contributed by atoms with E-state index in [-0.39, 0.29) is 12.1 Å². The second kappa shape index (κ2) is 7.60. The first kappa shape index (κ1) is 15.3. The largest absolute Gasteiger partial charge is 0.460 e. The molecule has 96 valence electrons. The van der Waals surface area contributed by atoms with Crippen molar-refractivity contribution < 1.29 is 14.6 Å². The molecule has 0 bridgehead atoms. The van der Waals surface area contributed by atoms with Gasteiger partial charge in [0.25, 0.3) is 0 Å². The number of hydrogen-bond donors (Lipinski definition) is 3. The van der Waals surface area contributed by atoms with Gasteiger partial charge in [-0.15, -0.1) is 0 Å². The zero-order valence-corrected chi connectivity index (χ0v) is 10.7. The van der Waals surface area contributed by atoms with E-state index in [9.17, 15) is 4.79 Å². The van der Waals surface area contributed by atoms with Gasteiger partial charge in [-0.05, 0) is 34.1 Å². The van der Waals surface area contributed by atoms with Gasteiger partial charge in [-0.1, -0.05) is 0 Å². The minimum Gasteiger partial charge on any atom is -0.460 e. The van der Waals surface area contributed by atoms with E-state index in [0.29, 0.717) is 25.9 Å². The van der Waals surface area contributed by atoms with Crippen LogP contribution in [0.3, 0.4) is 0 Å². The molecule has 0 aromatic heterocycles. The second-order valence-electron chi connectivity index (χ2n) is 4.85. The quantitative estimate of drug-likeness (QED) is 0.340. The summed E-state index contributed by atoms with van der Waals surface area (Å²) in [5.41, 5.74) is 5.36. The van der Waals surface area contributed by atoms with Crippen molar-refractivity contribution in [3.8, 4) is 0 Å². The van der Waals surface area contributed by atoms with Gasteiger partial charge in [0.05, 0.1) is 6.10 Å². The van der Waals surface area contributed by atoms with Gasteiger partial charge in [0.2, 0.25) is 0 Å². The molecular formula is C11H24N2O3. The SMILES string of the molecule is C[C@@H](O)CNNCCCC(=O)OC(C)(C)C. The Morgan fingerprint density at radius 1 is 1.38 bits per heavy atom. The highest BCUT2D eigenvalue weighted by atomic mass is 16.6. The van der Waals surface area contributed by atoms with Crippen LogP contribution in [0.1, 0.15) is 40.5 Å². The number of ether oxygens (including phenoxy) is 1. The van der Waals surface area contributed by atoms with Crippen LogP contribution in [-0.2, 0) is 9.53 Å². The summed E-state index contributed by atoms with van der Waals surface area (Å²) >= 11 is 0. The van der Waals surface area contributed by atoms with E-state index in [2.05, 4.69) is 10.9 Å². The van der Waals surface area contributed by atoms with Crippen molar-refractivity contribution in [3.05, 3.63) is 0 Å². The molecule has 0 aromatic carbocycles. The number of hydrogen-bond acceptors (Lipinski definition) is 5. The predicted molar refractivity (Wildman–Crippen MR) is 62.8 cm³/mol. The lowest BCUT2D eigenvalue weighted by atomic mass is 10.2. The Kier molecular flexibility index (Phi) is 7.29. The van der Waals surface area contributed by atoms with Crippen molar-refractivity contribution in [1.29, 1.82) is 0 Å². The molecule has 0 radical (unpaired) electrons. The Morgan fingerprint density at radius 3 is 2.50 bits per heavy atom. The van der Waals surface area contributed by atoms with E-state index in [1.165, 1.54) is 0 Å². The van der Waals surface area contributed by atoms with E-state index in [0.717, 1.165) is 0 Å². The summed E-state index contributed by atoms with van der Waals surface area (Å²) in [4.78, 5) is 11.3. The maximum atomic E-state index is 11.3. The molecule has 0 saturated carbocycles. The number of nitrogens with one attached hydrogen (secondary N) is 2. The Morgan fingerprint density at radius 2 is 2.00 bits per heavy atom. The predicted octanol–water partition coefficient (Wildman–Crippen LogP) is 0.583. The number of hydrazine groups is 1. The first-order chi connectivity index (χ1) is 7.31. The molecule has 0 heterocycles. The van der Waals surface area contributed by atoms with Crippen molar-refractivity contribution in [1.82, 2.24) is 10.9 Å². The molecule has 0 fully saturated rings. The minimum absolute atomic E-state index is 0.176. The molecule has 3 N–H and O–H groups in total. The number of aliphatic hydroxyl groups is 1. The van der Waals surface area contributed by atoms with Gasteiger partial charge >= 0.3 is 5.97 Å². The molecule has 5 heteroatoms. The van der Waals surface area contributed by atoms with Crippen molar-refractivity contribution in [2.45, 2.75) is 52.2 Å². The van der Waals surface area contributed by atoms with Crippen LogP contribution in [-0.4, -0.2) is 35.9 Å². The van der Waals surface area contributed by atoms with Crippen molar-refractivity contribution in [2.75, 3.05) is 13.1 Å². The number of carbonyl (C=O) groups is 1. The molecule has 16 heavy (non-hydrogen) atoms. The maximum absolute atomic E-state index is 11.3. The Bertz CT molecular complexity index is 200. The highest BCUT2D eigenvalue weighted by Crippen LogP contribution is 2.08. The fourth-order valence-corrected chi connectivity index (χ4v) is 1.02. The molecule has 0 saturated heterocycles. The number of esters is 1. The van der Waals surface area contributed by atoms with Crippen LogP contribution >= 0.6 is 0 Å². The lowest BCUT2D eigenvalue weighted by Crippen LogP contribution is -2.37. The van der Waals surface area contributed by atoms with Crippen LogP contribution in [0.15, 0.2) is 0 Å². The first-order valence-corrected chi connectivity index (χ1v) is 5.67. The van der Waals surface area contributed by atoms with E-state index in [4.69, 9.17) is 9.84 Å². The molecule has 0 rings (SSSR count). The molecule has 0 amide bonds. The van der Waals surface area contributed by atoms with E-state index in [1.54, 1.807) is 6.92 Å². The first-order valence-electron chi connectivity index (χ1n) is 5.67. The van der Waals surface area contributed by atoms with Crippen LogP contribution in [0.5, 0.6) is 0 Å². The molecular weight excluding hydrogens is 208 g/mol. The fourth-order valence-electron chi connectivity index (χ4n) is 1.02. The molecule has 5 nitrogen and oxygen atoms in total. The van der Waals surface area contributed by atoms with Crippen molar-refractivity contribution >= 4 is 5.97 Å². The van der Waals surface area contributed by atoms with Gasteiger partial charge in [0, 0.05) is 19.5 Å². The zero-order valence-electron chi connectivity index (χ0n) is 10.7. The van der Waals surface area contributed by atoms with Gasteiger partial charge in [0.1, 0.15) is 5.60 Å². The smallest absolute Gasteiger partial charge is 0.306 e. The summed E-state index contributed by atoms with van der Waals surface area (Å²) in [5.74, 6) is -0.176. The zero-order chi connectivity index (χ0) is 12.6. The normalized spacial score (nSPS) is 13.6. The van der Waals surface area contributed by atoms with E-state index < -0.39 is 5.60 Å². The van der Waals surface area contributed by atoms with E-state index in [1.807, 2.05) is 20.8 Å². The Balaban J connectivity index is 3.35. The molecule has 0 aliphatic carbocycles. The molecule has 0 aliphatic rings. The molecule has 0 aromatic rings. The summed E-state index contributed by atoms with van der Waals surface area (Å²) in [5, 5.41) is 8.95. The fraction of sp³-hybridized carbons (Fsp3) is 0.909. The Labute approximate surface area is 97.5 Å². The third-order valence-electron chi connectivity index (χ3n) is 1.63. The summed E-state index contributed by atoms with van der Waals surface area (Å²) in [6.45, 7) is 8.43. The number of carbonyl (C=O) groups excluding carboxylic acids is 1. The number of aliphatic hydroxyl groups excluding tert-OH is 1. The topological polar surface area (TPSA) is 70.6 Å². The van der Waals surface area contributed by atoms with Crippen LogP contribution in [0, 0.1) is 0 Å². The second-order valence-corrected chi connectivity index (χ2v) is 4.85. The maximum Gasteiger partial charge on any atom is 0.306 e. The summed E-state index contributed by atoms with van der Waals surface area (Å²) < 4.78 is 5.16. The highest BCUT2D eigenvalue weighted by Gasteiger charge is 2.15. The lowest BCUT2D eigenvalue weighted by Gasteiger charge is -2.19. The van der Waals surface area contributed by atoms with Gasteiger partial charge in [-0.25, -0.2) is 0 Å². The lowest BCUT2D eigenvalue weighted by molar-refractivity contribution is -0.154. The third-order valence-corrected chi connectivity index (χ3v) is 1.63. The minimum atomic E-state index is -0.408. The van der Waals surface area contributed by atoms with Crippen LogP contribution < -0.4 is 10.9 Å². The number of rotatable bonds is 7. The van der Waals surface area contributed by atoms with Crippen LogP contribution in [0.4, 0.5) is 0 Å². The highest BCUT2D eigenvalue weighted by molar-refractivity contribution is 5.69. The van der Waals surface area contributed by atoms with Gasteiger partial charge in [0.15, 0.2) is 0 Å². The molecule has 0 spiro atoms. The van der Waals surface area contributed by atoms with Gasteiger partial charge in [-0.2, -0.15) is 0 Å². The van der Waals surface area contributed by atoms with Crippen LogP contribution in [0.2, 0.25) is 0 Å². The molecule has 1 atom stereocenters. The van der Waals surface area contributed by atoms with Crippen LogP contribution in [0.25, 0.3) is 0 Å².